The molecule has 2 aromatic rings. The van der Waals surface area contributed by atoms with E-state index in [4.69, 9.17) is 0 Å². The van der Waals surface area contributed by atoms with Gasteiger partial charge in [-0.2, -0.15) is 5.10 Å². The van der Waals surface area contributed by atoms with Gasteiger partial charge in [-0.1, -0.05) is 17.7 Å². The molecule has 0 N–H and O–H groups in total. The lowest BCUT2D eigenvalue weighted by Crippen LogP contribution is -2.27. The van der Waals surface area contributed by atoms with E-state index < -0.39 is 0 Å². The number of rotatable bonds is 4. The van der Waals surface area contributed by atoms with Crippen molar-refractivity contribution < 1.29 is 4.79 Å². The van der Waals surface area contributed by atoms with Gasteiger partial charge in [0, 0.05) is 25.4 Å². The first-order valence-electron chi connectivity index (χ1n) is 6.44. The molecule has 0 spiro atoms. The summed E-state index contributed by atoms with van der Waals surface area (Å²) in [6, 6.07) is 9.59. The molecule has 0 aliphatic heterocycles. The van der Waals surface area contributed by atoms with E-state index in [1.807, 2.05) is 55.9 Å². The highest BCUT2D eigenvalue weighted by Gasteiger charge is 2.13. The van der Waals surface area contributed by atoms with Gasteiger partial charge >= 0.3 is 0 Å². The monoisotopic (exact) mass is 257 g/mol. The molecule has 0 atom stereocenters. The Morgan fingerprint density at radius 2 is 1.95 bits per heavy atom. The summed E-state index contributed by atoms with van der Waals surface area (Å²) >= 11 is 0. The fourth-order valence-electron chi connectivity index (χ4n) is 2.01. The van der Waals surface area contributed by atoms with Gasteiger partial charge in [-0.05, 0) is 32.0 Å². The van der Waals surface area contributed by atoms with E-state index in [0.29, 0.717) is 6.54 Å². The molecule has 1 heterocycles. The quantitative estimate of drug-likeness (QED) is 0.844. The van der Waals surface area contributed by atoms with Gasteiger partial charge in [0.1, 0.15) is 0 Å². The molecule has 0 radical (unpaired) electrons. The number of carbonyl (C=O) groups is 1. The Morgan fingerprint density at radius 3 is 2.58 bits per heavy atom. The van der Waals surface area contributed by atoms with E-state index in [2.05, 4.69) is 5.10 Å². The summed E-state index contributed by atoms with van der Waals surface area (Å²) in [5, 5.41) is 4.21. The van der Waals surface area contributed by atoms with Crippen LogP contribution in [0.3, 0.4) is 0 Å². The second kappa shape index (κ2) is 5.69. The second-order valence-corrected chi connectivity index (χ2v) is 4.67. The van der Waals surface area contributed by atoms with Gasteiger partial charge in [0.2, 0.25) is 0 Å². The Kier molecular flexibility index (Phi) is 4.00. The second-order valence-electron chi connectivity index (χ2n) is 4.67. The molecule has 0 saturated carbocycles. The van der Waals surface area contributed by atoms with Crippen molar-refractivity contribution in [3.63, 3.8) is 0 Å². The summed E-state index contributed by atoms with van der Waals surface area (Å²) in [5.74, 6) is 0.0313. The molecule has 19 heavy (non-hydrogen) atoms. The van der Waals surface area contributed by atoms with Crippen LogP contribution in [0.25, 0.3) is 0 Å². The predicted octanol–water partition coefficient (Wildman–Crippen LogP) is 2.48. The molecule has 0 aliphatic carbocycles. The number of nitrogens with zero attached hydrogens (tertiary/aromatic N) is 3. The molecule has 1 amide bonds. The zero-order valence-corrected chi connectivity index (χ0v) is 11.6. The lowest BCUT2D eigenvalue weighted by atomic mass is 10.1. The van der Waals surface area contributed by atoms with E-state index in [1.165, 1.54) is 0 Å². The van der Waals surface area contributed by atoms with Gasteiger partial charge in [0.25, 0.3) is 5.91 Å². The highest BCUT2D eigenvalue weighted by Crippen LogP contribution is 2.09. The zero-order chi connectivity index (χ0) is 13.8. The van der Waals surface area contributed by atoms with E-state index in [0.717, 1.165) is 23.4 Å². The number of amides is 1. The first kappa shape index (κ1) is 13.3. The Morgan fingerprint density at radius 1 is 1.26 bits per heavy atom. The van der Waals surface area contributed by atoms with Crippen molar-refractivity contribution in [3.05, 3.63) is 53.3 Å². The third-order valence-electron chi connectivity index (χ3n) is 3.15. The summed E-state index contributed by atoms with van der Waals surface area (Å²) < 4.78 is 1.90. The lowest BCUT2D eigenvalue weighted by molar-refractivity contribution is 0.0781. The van der Waals surface area contributed by atoms with Crippen molar-refractivity contribution in [2.24, 2.45) is 0 Å². The van der Waals surface area contributed by atoms with Crippen LogP contribution in [0.2, 0.25) is 0 Å². The van der Waals surface area contributed by atoms with Crippen LogP contribution in [-0.2, 0) is 13.1 Å². The highest BCUT2D eigenvalue weighted by atomic mass is 16.2. The molecule has 1 aromatic heterocycles. The fraction of sp³-hybridized carbons (Fsp3) is 0.333. The summed E-state index contributed by atoms with van der Waals surface area (Å²) in [5.41, 5.74) is 2.92. The smallest absolute Gasteiger partial charge is 0.253 e. The number of hydrogen-bond acceptors (Lipinski definition) is 2. The molecule has 100 valence electrons. The predicted molar refractivity (Wildman–Crippen MR) is 74.9 cm³/mol. The minimum absolute atomic E-state index is 0.0313. The maximum absolute atomic E-state index is 12.3. The van der Waals surface area contributed by atoms with Gasteiger partial charge in [-0.3, -0.25) is 9.48 Å². The Bertz CT molecular complexity index is 557. The van der Waals surface area contributed by atoms with Crippen LogP contribution < -0.4 is 0 Å². The lowest BCUT2D eigenvalue weighted by Gasteiger charge is -2.17. The van der Waals surface area contributed by atoms with Gasteiger partial charge in [0.15, 0.2) is 0 Å². The molecular formula is C15H19N3O. The highest BCUT2D eigenvalue weighted by molar-refractivity contribution is 5.94. The van der Waals surface area contributed by atoms with Crippen LogP contribution in [0.15, 0.2) is 36.5 Å². The molecule has 0 saturated heterocycles. The molecule has 4 nitrogen and oxygen atoms in total. The Balaban J connectivity index is 2.09. The zero-order valence-electron chi connectivity index (χ0n) is 11.6. The average Bonchev–Trinajstić information content (AvgIpc) is 2.86. The molecule has 2 rings (SSSR count). The van der Waals surface area contributed by atoms with Crippen molar-refractivity contribution in [3.8, 4) is 0 Å². The summed E-state index contributed by atoms with van der Waals surface area (Å²) in [6.45, 7) is 5.44. The first-order chi connectivity index (χ1) is 9.11. The van der Waals surface area contributed by atoms with E-state index >= 15 is 0 Å². The van der Waals surface area contributed by atoms with Crippen molar-refractivity contribution >= 4 is 5.91 Å². The first-order valence-corrected chi connectivity index (χ1v) is 6.44. The molecule has 0 aliphatic rings. The Labute approximate surface area is 113 Å². The van der Waals surface area contributed by atoms with Crippen molar-refractivity contribution in [2.75, 3.05) is 7.05 Å². The molecule has 0 unspecified atom stereocenters. The molecule has 1 aromatic carbocycles. The normalized spacial score (nSPS) is 10.5. The Hall–Kier alpha value is -2.10. The minimum atomic E-state index is 0.0313. The van der Waals surface area contributed by atoms with Crippen LogP contribution in [-0.4, -0.2) is 27.6 Å². The van der Waals surface area contributed by atoms with Gasteiger partial charge in [0.05, 0.1) is 12.2 Å². The van der Waals surface area contributed by atoms with Crippen molar-refractivity contribution in [1.29, 1.82) is 0 Å². The number of aryl methyl sites for hydroxylation is 2. The minimum Gasteiger partial charge on any atom is -0.336 e. The van der Waals surface area contributed by atoms with Crippen LogP contribution in [0.5, 0.6) is 0 Å². The largest absolute Gasteiger partial charge is 0.336 e. The maximum atomic E-state index is 12.3. The summed E-state index contributed by atoms with van der Waals surface area (Å²) in [7, 11) is 1.81. The fourth-order valence-corrected chi connectivity index (χ4v) is 2.01. The summed E-state index contributed by atoms with van der Waals surface area (Å²) in [4.78, 5) is 14.0. The molecule has 0 fully saturated rings. The topological polar surface area (TPSA) is 38.1 Å². The molecule has 0 bridgehead atoms. The SMILES string of the molecule is CCn1nccc1CN(C)C(=O)c1ccc(C)cc1. The maximum Gasteiger partial charge on any atom is 0.253 e. The molecular weight excluding hydrogens is 238 g/mol. The third kappa shape index (κ3) is 3.02. The molecule has 4 heteroatoms. The number of aromatic nitrogens is 2. The standard InChI is InChI=1S/C15H19N3O/c1-4-18-14(9-10-16-18)11-17(3)15(19)13-7-5-12(2)6-8-13/h5-10H,4,11H2,1-3H3. The van der Waals surface area contributed by atoms with Gasteiger partial charge in [-0.25, -0.2) is 0 Å². The van der Waals surface area contributed by atoms with Crippen molar-refractivity contribution in [1.82, 2.24) is 14.7 Å². The van der Waals surface area contributed by atoms with Crippen molar-refractivity contribution in [2.45, 2.75) is 26.9 Å². The summed E-state index contributed by atoms with van der Waals surface area (Å²) in [6.07, 6.45) is 1.77. The van der Waals surface area contributed by atoms with E-state index in [9.17, 15) is 4.79 Å². The number of carbonyl (C=O) groups excluding carboxylic acids is 1. The van der Waals surface area contributed by atoms with Crippen LogP contribution in [0.4, 0.5) is 0 Å². The van der Waals surface area contributed by atoms with Crippen LogP contribution in [0, 0.1) is 6.92 Å². The van der Waals surface area contributed by atoms with Gasteiger partial charge in [-0.15, -0.1) is 0 Å². The van der Waals surface area contributed by atoms with E-state index in [-0.39, 0.29) is 5.91 Å². The van der Waals surface area contributed by atoms with Crippen LogP contribution >= 0.6 is 0 Å². The third-order valence-corrected chi connectivity index (χ3v) is 3.15. The van der Waals surface area contributed by atoms with Gasteiger partial charge < -0.3 is 4.90 Å². The number of hydrogen-bond donors (Lipinski definition) is 0. The number of benzene rings is 1. The van der Waals surface area contributed by atoms with Crippen LogP contribution in [0.1, 0.15) is 28.5 Å². The van der Waals surface area contributed by atoms with E-state index in [1.54, 1.807) is 11.1 Å². The average molecular weight is 257 g/mol.